The molecule has 1 heterocycles. The Kier molecular flexibility index (Phi) is 4.54. The summed E-state index contributed by atoms with van der Waals surface area (Å²) >= 11 is 0. The third-order valence-corrected chi connectivity index (χ3v) is 5.54. The lowest BCUT2D eigenvalue weighted by atomic mass is 9.90. The summed E-state index contributed by atoms with van der Waals surface area (Å²) in [5, 5.41) is 0. The van der Waals surface area contributed by atoms with Gasteiger partial charge in [-0.1, -0.05) is 31.0 Å². The molecule has 1 aromatic carbocycles. The molecule has 0 radical (unpaired) electrons. The molecule has 1 aliphatic heterocycles. The Morgan fingerprint density at radius 1 is 1.24 bits per heavy atom. The van der Waals surface area contributed by atoms with Gasteiger partial charge in [-0.05, 0) is 63.0 Å². The van der Waals surface area contributed by atoms with Gasteiger partial charge in [0.25, 0.3) is 0 Å². The highest BCUT2D eigenvalue weighted by atomic mass is 15.2. The lowest BCUT2D eigenvalue weighted by Gasteiger charge is -2.40. The SMILES string of the molecule is CCC(N)Cc1cc(C)ccc1N1CCCC2CCCC21. The monoisotopic (exact) mass is 286 g/mol. The van der Waals surface area contributed by atoms with Crippen LogP contribution in [0.2, 0.25) is 0 Å². The third kappa shape index (κ3) is 3.11. The Bertz CT molecular complexity index is 482. The molecule has 1 aromatic rings. The van der Waals surface area contributed by atoms with Gasteiger partial charge in [0.1, 0.15) is 0 Å². The first kappa shape index (κ1) is 14.9. The maximum absolute atomic E-state index is 6.24. The predicted octanol–water partition coefficient (Wildman–Crippen LogP) is 4.04. The van der Waals surface area contributed by atoms with Crippen LogP contribution in [-0.2, 0) is 6.42 Å². The first-order chi connectivity index (χ1) is 10.2. The molecule has 0 bridgehead atoms. The standard InChI is InChI=1S/C19H30N2/c1-3-17(20)13-16-12-14(2)9-10-19(16)21-11-5-7-15-6-4-8-18(15)21/h9-10,12,15,17-18H,3-8,11,13,20H2,1-2H3. The minimum Gasteiger partial charge on any atom is -0.368 e. The predicted molar refractivity (Wildman–Crippen MR) is 90.9 cm³/mol. The van der Waals surface area contributed by atoms with E-state index in [0.717, 1.165) is 24.8 Å². The molecule has 21 heavy (non-hydrogen) atoms. The number of aryl methyl sites for hydroxylation is 1. The van der Waals surface area contributed by atoms with Crippen molar-refractivity contribution in [2.24, 2.45) is 11.7 Å². The van der Waals surface area contributed by atoms with Crippen molar-refractivity contribution in [1.82, 2.24) is 0 Å². The maximum atomic E-state index is 6.24. The normalized spacial score (nSPS) is 26.7. The highest BCUT2D eigenvalue weighted by Gasteiger charge is 2.35. The molecule has 2 N–H and O–H groups in total. The van der Waals surface area contributed by atoms with E-state index in [1.807, 2.05) is 0 Å². The van der Waals surface area contributed by atoms with Crippen LogP contribution in [0.3, 0.4) is 0 Å². The summed E-state index contributed by atoms with van der Waals surface area (Å²) in [6.07, 6.45) is 9.11. The Morgan fingerprint density at radius 2 is 2.05 bits per heavy atom. The topological polar surface area (TPSA) is 29.3 Å². The molecule has 1 aliphatic carbocycles. The number of benzene rings is 1. The molecule has 3 atom stereocenters. The van der Waals surface area contributed by atoms with Gasteiger partial charge in [-0.25, -0.2) is 0 Å². The van der Waals surface area contributed by atoms with E-state index in [2.05, 4.69) is 36.9 Å². The summed E-state index contributed by atoms with van der Waals surface area (Å²) in [7, 11) is 0. The summed E-state index contributed by atoms with van der Waals surface area (Å²) in [5.74, 6) is 0.938. The quantitative estimate of drug-likeness (QED) is 0.905. The second kappa shape index (κ2) is 6.39. The number of piperidine rings is 1. The Morgan fingerprint density at radius 3 is 2.86 bits per heavy atom. The molecule has 0 aromatic heterocycles. The second-order valence-electron chi connectivity index (χ2n) is 7.10. The summed E-state index contributed by atoms with van der Waals surface area (Å²) in [5.41, 5.74) is 10.5. The highest BCUT2D eigenvalue weighted by molar-refractivity contribution is 5.56. The van der Waals surface area contributed by atoms with Gasteiger partial charge < -0.3 is 10.6 Å². The van der Waals surface area contributed by atoms with Crippen LogP contribution < -0.4 is 10.6 Å². The number of rotatable bonds is 4. The third-order valence-electron chi connectivity index (χ3n) is 5.54. The fraction of sp³-hybridized carbons (Fsp3) is 0.684. The van der Waals surface area contributed by atoms with Crippen LogP contribution in [0.4, 0.5) is 5.69 Å². The van der Waals surface area contributed by atoms with Crippen molar-refractivity contribution in [3.8, 4) is 0 Å². The fourth-order valence-corrected chi connectivity index (χ4v) is 4.34. The van der Waals surface area contributed by atoms with Crippen LogP contribution in [0, 0.1) is 12.8 Å². The largest absolute Gasteiger partial charge is 0.368 e. The highest BCUT2D eigenvalue weighted by Crippen LogP contribution is 2.40. The molecule has 3 unspecified atom stereocenters. The number of nitrogens with zero attached hydrogens (tertiary/aromatic N) is 1. The van der Waals surface area contributed by atoms with Crippen molar-refractivity contribution in [2.45, 2.75) is 70.9 Å². The van der Waals surface area contributed by atoms with Crippen LogP contribution >= 0.6 is 0 Å². The summed E-state index contributed by atoms with van der Waals surface area (Å²) in [6, 6.07) is 8.07. The molecule has 0 spiro atoms. The van der Waals surface area contributed by atoms with Crippen molar-refractivity contribution in [3.63, 3.8) is 0 Å². The van der Waals surface area contributed by atoms with Crippen molar-refractivity contribution < 1.29 is 0 Å². The van der Waals surface area contributed by atoms with E-state index in [1.54, 1.807) is 0 Å². The average molecular weight is 286 g/mol. The number of nitrogens with two attached hydrogens (primary N) is 1. The fourth-order valence-electron chi connectivity index (χ4n) is 4.34. The lowest BCUT2D eigenvalue weighted by Crippen LogP contribution is -2.43. The van der Waals surface area contributed by atoms with Gasteiger partial charge in [-0.2, -0.15) is 0 Å². The van der Waals surface area contributed by atoms with E-state index >= 15 is 0 Å². The zero-order valence-corrected chi connectivity index (χ0v) is 13.6. The van der Waals surface area contributed by atoms with Gasteiger partial charge in [-0.15, -0.1) is 0 Å². The van der Waals surface area contributed by atoms with E-state index < -0.39 is 0 Å². The van der Waals surface area contributed by atoms with E-state index in [1.165, 1.54) is 55.5 Å². The molecular weight excluding hydrogens is 256 g/mol. The average Bonchev–Trinajstić information content (AvgIpc) is 2.96. The summed E-state index contributed by atoms with van der Waals surface area (Å²) in [4.78, 5) is 2.72. The van der Waals surface area contributed by atoms with Crippen LogP contribution in [0.5, 0.6) is 0 Å². The summed E-state index contributed by atoms with van der Waals surface area (Å²) in [6.45, 7) is 5.62. The van der Waals surface area contributed by atoms with Crippen molar-refractivity contribution in [3.05, 3.63) is 29.3 Å². The van der Waals surface area contributed by atoms with Crippen molar-refractivity contribution in [2.75, 3.05) is 11.4 Å². The molecule has 1 saturated carbocycles. The minimum absolute atomic E-state index is 0.287. The van der Waals surface area contributed by atoms with Gasteiger partial charge in [0.15, 0.2) is 0 Å². The minimum atomic E-state index is 0.287. The lowest BCUT2D eigenvalue weighted by molar-refractivity contribution is 0.362. The molecule has 116 valence electrons. The molecule has 2 nitrogen and oxygen atoms in total. The van der Waals surface area contributed by atoms with E-state index in [9.17, 15) is 0 Å². The van der Waals surface area contributed by atoms with Gasteiger partial charge in [0, 0.05) is 24.3 Å². The Balaban J connectivity index is 1.89. The van der Waals surface area contributed by atoms with Gasteiger partial charge in [-0.3, -0.25) is 0 Å². The molecule has 0 amide bonds. The molecular formula is C19H30N2. The zero-order chi connectivity index (χ0) is 14.8. The van der Waals surface area contributed by atoms with Crippen molar-refractivity contribution in [1.29, 1.82) is 0 Å². The smallest absolute Gasteiger partial charge is 0.0402 e. The van der Waals surface area contributed by atoms with Crippen molar-refractivity contribution >= 4 is 5.69 Å². The van der Waals surface area contributed by atoms with Crippen LogP contribution in [-0.4, -0.2) is 18.6 Å². The van der Waals surface area contributed by atoms with E-state index in [-0.39, 0.29) is 6.04 Å². The number of hydrogen-bond acceptors (Lipinski definition) is 2. The first-order valence-electron chi connectivity index (χ1n) is 8.80. The van der Waals surface area contributed by atoms with Crippen LogP contribution in [0.25, 0.3) is 0 Å². The molecule has 2 fully saturated rings. The summed E-state index contributed by atoms with van der Waals surface area (Å²) < 4.78 is 0. The van der Waals surface area contributed by atoms with Crippen LogP contribution in [0.1, 0.15) is 56.6 Å². The molecule has 2 heteroatoms. The van der Waals surface area contributed by atoms with Gasteiger partial charge in [0.05, 0.1) is 0 Å². The van der Waals surface area contributed by atoms with Gasteiger partial charge >= 0.3 is 0 Å². The van der Waals surface area contributed by atoms with Gasteiger partial charge in [0.2, 0.25) is 0 Å². The van der Waals surface area contributed by atoms with E-state index in [0.29, 0.717) is 0 Å². The molecule has 3 rings (SSSR count). The maximum Gasteiger partial charge on any atom is 0.0402 e. The van der Waals surface area contributed by atoms with E-state index in [4.69, 9.17) is 5.73 Å². The number of fused-ring (bicyclic) bond motifs is 1. The van der Waals surface area contributed by atoms with Crippen LogP contribution in [0.15, 0.2) is 18.2 Å². The number of hydrogen-bond donors (Lipinski definition) is 1. The molecule has 2 aliphatic rings. The Labute approximate surface area is 129 Å². The molecule has 1 saturated heterocycles. The zero-order valence-electron chi connectivity index (χ0n) is 13.6. The Hall–Kier alpha value is -1.02. The second-order valence-corrected chi connectivity index (χ2v) is 7.10. The number of anilines is 1. The first-order valence-corrected chi connectivity index (χ1v) is 8.80.